The van der Waals surface area contributed by atoms with Crippen molar-refractivity contribution >= 4 is 16.9 Å². The van der Waals surface area contributed by atoms with Gasteiger partial charge in [0.25, 0.3) is 0 Å². The molecule has 7 heteroatoms. The summed E-state index contributed by atoms with van der Waals surface area (Å²) in [5.41, 5.74) is 0.975. The lowest BCUT2D eigenvalue weighted by Crippen LogP contribution is -2.36. The average Bonchev–Trinajstić information content (AvgIpc) is 2.97. The maximum atomic E-state index is 10.8. The third-order valence-electron chi connectivity index (χ3n) is 4.89. The van der Waals surface area contributed by atoms with Crippen LogP contribution in [0.2, 0.25) is 0 Å². The van der Waals surface area contributed by atoms with Crippen molar-refractivity contribution in [3.05, 3.63) is 37.1 Å². The number of hydrogen-bond donors (Lipinski definition) is 2. The number of nitrogens with one attached hydrogen (secondary N) is 1. The summed E-state index contributed by atoms with van der Waals surface area (Å²) in [5.74, 6) is 0.711. The first-order valence-corrected chi connectivity index (χ1v) is 8.81. The minimum absolute atomic E-state index is 0.500. The fourth-order valence-corrected chi connectivity index (χ4v) is 3.47. The highest BCUT2D eigenvalue weighted by Crippen LogP contribution is 2.28. The summed E-state index contributed by atoms with van der Waals surface area (Å²) >= 11 is 0. The van der Waals surface area contributed by atoms with Gasteiger partial charge >= 0.3 is 0 Å². The minimum Gasteiger partial charge on any atom is -0.388 e. The molecule has 0 spiro atoms. The van der Waals surface area contributed by atoms with Gasteiger partial charge in [0.1, 0.15) is 12.1 Å². The number of aromatic nitrogens is 5. The highest BCUT2D eigenvalue weighted by molar-refractivity contribution is 5.87. The molecule has 4 rings (SSSR count). The molecule has 1 aliphatic carbocycles. The third kappa shape index (κ3) is 3.32. The maximum Gasteiger partial charge on any atom is 0.168 e. The van der Waals surface area contributed by atoms with Crippen molar-refractivity contribution < 1.29 is 5.11 Å². The summed E-state index contributed by atoms with van der Waals surface area (Å²) in [6, 6.07) is 3.77. The number of rotatable bonds is 4. The van der Waals surface area contributed by atoms with E-state index in [-0.39, 0.29) is 0 Å². The van der Waals surface area contributed by atoms with E-state index in [1.165, 1.54) is 19.2 Å². The number of anilines is 1. The molecule has 0 aliphatic heterocycles. The lowest BCUT2D eigenvalue weighted by molar-refractivity contribution is 0.0381. The summed E-state index contributed by atoms with van der Waals surface area (Å²) in [7, 11) is 0. The summed E-state index contributed by atoms with van der Waals surface area (Å²) in [5, 5.41) is 19.4. The molecule has 0 aromatic carbocycles. The van der Waals surface area contributed by atoms with Crippen LogP contribution in [0, 0.1) is 0 Å². The molecule has 2 N–H and O–H groups in total. The Balaban J connectivity index is 1.59. The monoisotopic (exact) mass is 338 g/mol. The van der Waals surface area contributed by atoms with E-state index in [1.54, 1.807) is 23.3 Å². The van der Waals surface area contributed by atoms with E-state index in [1.807, 2.05) is 12.1 Å². The molecule has 3 aromatic rings. The first-order valence-electron chi connectivity index (χ1n) is 8.81. The van der Waals surface area contributed by atoms with E-state index in [0.717, 1.165) is 42.4 Å². The molecular weight excluding hydrogens is 316 g/mol. The molecule has 7 nitrogen and oxygen atoms in total. The van der Waals surface area contributed by atoms with Gasteiger partial charge in [0.05, 0.1) is 22.9 Å². The predicted molar refractivity (Wildman–Crippen MR) is 95.6 cm³/mol. The fraction of sp³-hybridized carbons (Fsp3) is 0.444. The Morgan fingerprint density at radius 1 is 1.08 bits per heavy atom. The lowest BCUT2D eigenvalue weighted by Gasteiger charge is -2.27. The Morgan fingerprint density at radius 2 is 1.84 bits per heavy atom. The van der Waals surface area contributed by atoms with Gasteiger partial charge in [-0.3, -0.25) is 4.98 Å². The van der Waals surface area contributed by atoms with Crippen molar-refractivity contribution in [2.24, 2.45) is 0 Å². The van der Waals surface area contributed by atoms with Gasteiger partial charge in [0.15, 0.2) is 5.65 Å². The average molecular weight is 338 g/mol. The molecule has 0 radical (unpaired) electrons. The van der Waals surface area contributed by atoms with Gasteiger partial charge in [-0.15, -0.1) is 0 Å². The van der Waals surface area contributed by atoms with Crippen molar-refractivity contribution in [1.82, 2.24) is 24.7 Å². The van der Waals surface area contributed by atoms with Crippen LogP contribution in [0.3, 0.4) is 0 Å². The zero-order valence-corrected chi connectivity index (χ0v) is 14.1. The molecular formula is C18H22N6O. The Morgan fingerprint density at radius 3 is 2.60 bits per heavy atom. The molecule has 3 heterocycles. The molecule has 130 valence electrons. The molecule has 0 unspecified atom stereocenters. The molecule has 1 saturated carbocycles. The molecule has 0 bridgehead atoms. The van der Waals surface area contributed by atoms with E-state index in [9.17, 15) is 5.11 Å². The number of aliphatic hydroxyl groups is 1. The summed E-state index contributed by atoms with van der Waals surface area (Å²) < 4.78 is 1.77. The van der Waals surface area contributed by atoms with Gasteiger partial charge in [-0.1, -0.05) is 25.7 Å². The van der Waals surface area contributed by atoms with Gasteiger partial charge in [-0.25, -0.2) is 14.6 Å². The number of hydrogen-bond acceptors (Lipinski definition) is 6. The third-order valence-corrected chi connectivity index (χ3v) is 4.89. The summed E-state index contributed by atoms with van der Waals surface area (Å²) in [4.78, 5) is 12.8. The van der Waals surface area contributed by atoms with Crippen LogP contribution in [-0.2, 0) is 0 Å². The second-order valence-electron chi connectivity index (χ2n) is 6.71. The van der Waals surface area contributed by atoms with Crippen LogP contribution in [-0.4, -0.2) is 42.0 Å². The van der Waals surface area contributed by atoms with Crippen LogP contribution in [0.25, 0.3) is 16.7 Å². The van der Waals surface area contributed by atoms with Crippen LogP contribution in [0.1, 0.15) is 38.5 Å². The molecule has 0 saturated heterocycles. The summed E-state index contributed by atoms with van der Waals surface area (Å²) in [6.07, 6.45) is 13.0. The van der Waals surface area contributed by atoms with Crippen LogP contribution >= 0.6 is 0 Å². The van der Waals surface area contributed by atoms with E-state index in [0.29, 0.717) is 12.4 Å². The molecule has 1 aliphatic rings. The van der Waals surface area contributed by atoms with Gasteiger partial charge in [0, 0.05) is 18.9 Å². The van der Waals surface area contributed by atoms with Gasteiger partial charge in [0.2, 0.25) is 0 Å². The van der Waals surface area contributed by atoms with Gasteiger partial charge in [-0.2, -0.15) is 5.10 Å². The molecule has 1 fully saturated rings. The quantitative estimate of drug-likeness (QED) is 0.711. The number of fused-ring (bicyclic) bond motifs is 1. The van der Waals surface area contributed by atoms with E-state index < -0.39 is 5.60 Å². The predicted octanol–water partition coefficient (Wildman–Crippen LogP) is 2.71. The number of pyridine rings is 1. The van der Waals surface area contributed by atoms with Crippen LogP contribution in [0.15, 0.2) is 37.1 Å². The first kappa shape index (κ1) is 16.0. The lowest BCUT2D eigenvalue weighted by atomic mass is 9.94. The smallest absolute Gasteiger partial charge is 0.168 e. The second kappa shape index (κ2) is 6.76. The van der Waals surface area contributed by atoms with Gasteiger partial charge < -0.3 is 10.4 Å². The zero-order chi connectivity index (χ0) is 17.1. The Labute approximate surface area is 146 Å². The fourth-order valence-electron chi connectivity index (χ4n) is 3.47. The van der Waals surface area contributed by atoms with Crippen molar-refractivity contribution in [3.63, 3.8) is 0 Å². The Kier molecular flexibility index (Phi) is 4.31. The topological polar surface area (TPSA) is 88.8 Å². The SMILES string of the molecule is OC1(CNc2ncnc3c2cnn3-c2ccncc2)CCCCCC1. The van der Waals surface area contributed by atoms with E-state index in [4.69, 9.17) is 0 Å². The normalized spacial score (nSPS) is 17.3. The standard InChI is InChI=1S/C18H22N6O/c25-18(7-3-1-2-4-8-18)12-20-16-15-11-23-24(17(15)22-13-21-16)14-5-9-19-10-6-14/h5-6,9-11,13,25H,1-4,7-8,12H2,(H,20,21,22). The molecule has 0 atom stereocenters. The Bertz CT molecular complexity index is 839. The minimum atomic E-state index is -0.658. The largest absolute Gasteiger partial charge is 0.388 e. The van der Waals surface area contributed by atoms with Crippen LogP contribution in [0.4, 0.5) is 5.82 Å². The van der Waals surface area contributed by atoms with E-state index in [2.05, 4.69) is 25.4 Å². The first-order chi connectivity index (χ1) is 12.3. The molecule has 3 aromatic heterocycles. The Hall–Kier alpha value is -2.54. The zero-order valence-electron chi connectivity index (χ0n) is 14.1. The van der Waals surface area contributed by atoms with Crippen molar-refractivity contribution in [2.45, 2.75) is 44.1 Å². The highest BCUT2D eigenvalue weighted by Gasteiger charge is 2.28. The number of nitrogens with zero attached hydrogens (tertiary/aromatic N) is 5. The van der Waals surface area contributed by atoms with Crippen molar-refractivity contribution in [1.29, 1.82) is 0 Å². The summed E-state index contributed by atoms with van der Waals surface area (Å²) in [6.45, 7) is 0.500. The van der Waals surface area contributed by atoms with E-state index >= 15 is 0 Å². The maximum absolute atomic E-state index is 10.8. The highest BCUT2D eigenvalue weighted by atomic mass is 16.3. The van der Waals surface area contributed by atoms with Gasteiger partial charge in [-0.05, 0) is 25.0 Å². The van der Waals surface area contributed by atoms with Crippen LogP contribution < -0.4 is 5.32 Å². The second-order valence-corrected chi connectivity index (χ2v) is 6.71. The van der Waals surface area contributed by atoms with Crippen molar-refractivity contribution in [3.8, 4) is 5.69 Å². The molecule has 0 amide bonds. The van der Waals surface area contributed by atoms with Crippen molar-refractivity contribution in [2.75, 3.05) is 11.9 Å². The molecule has 25 heavy (non-hydrogen) atoms. The van der Waals surface area contributed by atoms with Crippen LogP contribution in [0.5, 0.6) is 0 Å².